The molecule has 2 aromatic rings. The molecule has 2 heterocycles. The molecule has 0 spiro atoms. The summed E-state index contributed by atoms with van der Waals surface area (Å²) < 4.78 is 17.0. The van der Waals surface area contributed by atoms with Gasteiger partial charge in [-0.15, -0.1) is 0 Å². The first-order valence-corrected chi connectivity index (χ1v) is 10.2. The zero-order chi connectivity index (χ0) is 21.5. The average molecular weight is 414 g/mol. The van der Waals surface area contributed by atoms with Crippen LogP contribution in [-0.4, -0.2) is 66.7 Å². The van der Waals surface area contributed by atoms with Crippen molar-refractivity contribution in [3.63, 3.8) is 0 Å². The lowest BCUT2D eigenvalue weighted by Gasteiger charge is -2.28. The molecule has 7 heteroatoms. The van der Waals surface area contributed by atoms with Crippen molar-refractivity contribution in [2.24, 2.45) is 0 Å². The summed E-state index contributed by atoms with van der Waals surface area (Å²) in [6, 6.07) is 9.79. The molecule has 1 amide bonds. The van der Waals surface area contributed by atoms with Gasteiger partial charge in [0.1, 0.15) is 11.5 Å². The van der Waals surface area contributed by atoms with Crippen LogP contribution >= 0.6 is 0 Å². The van der Waals surface area contributed by atoms with Gasteiger partial charge in [0, 0.05) is 44.1 Å². The minimum atomic E-state index is -0.104. The van der Waals surface area contributed by atoms with Gasteiger partial charge >= 0.3 is 0 Å². The summed E-state index contributed by atoms with van der Waals surface area (Å²) in [5.74, 6) is 1.58. The summed E-state index contributed by atoms with van der Waals surface area (Å²) in [4.78, 5) is 21.1. The minimum Gasteiger partial charge on any atom is -0.497 e. The number of carbonyl (C=O) groups is 1. The van der Waals surface area contributed by atoms with Gasteiger partial charge < -0.3 is 19.1 Å². The number of methoxy groups -OCH3 is 2. The maximum atomic E-state index is 12.8. The van der Waals surface area contributed by atoms with E-state index in [1.54, 1.807) is 20.4 Å². The summed E-state index contributed by atoms with van der Waals surface area (Å²) in [6.45, 7) is 6.78. The number of amides is 1. The second kappa shape index (κ2) is 10.4. The highest BCUT2D eigenvalue weighted by atomic mass is 16.5. The smallest absolute Gasteiger partial charge is 0.237 e. The molecular formula is C23H31N3O4. The van der Waals surface area contributed by atoms with E-state index in [9.17, 15) is 4.79 Å². The quantitative estimate of drug-likeness (QED) is 0.663. The number of nitrogens with zero attached hydrogens (tertiary/aromatic N) is 3. The summed E-state index contributed by atoms with van der Waals surface area (Å²) in [5, 5.41) is 0. The maximum Gasteiger partial charge on any atom is 0.237 e. The van der Waals surface area contributed by atoms with Gasteiger partial charge in [0.25, 0.3) is 0 Å². The molecule has 0 radical (unpaired) electrons. The molecule has 0 unspecified atom stereocenters. The number of hydrogen-bond donors (Lipinski definition) is 0. The first-order valence-electron chi connectivity index (χ1n) is 10.2. The second-order valence-corrected chi connectivity index (χ2v) is 7.82. The van der Waals surface area contributed by atoms with Crippen molar-refractivity contribution in [1.29, 1.82) is 0 Å². The molecule has 0 saturated carbocycles. The van der Waals surface area contributed by atoms with Crippen molar-refractivity contribution in [2.45, 2.75) is 39.1 Å². The number of rotatable bonds is 8. The highest BCUT2D eigenvalue weighted by Crippen LogP contribution is 2.24. The molecular weight excluding hydrogens is 382 g/mol. The zero-order valence-electron chi connectivity index (χ0n) is 18.2. The lowest BCUT2D eigenvalue weighted by molar-refractivity contribution is -0.133. The Bertz CT molecular complexity index is 806. The van der Waals surface area contributed by atoms with Crippen LogP contribution in [0.4, 0.5) is 0 Å². The van der Waals surface area contributed by atoms with Gasteiger partial charge in [-0.2, -0.15) is 0 Å². The van der Waals surface area contributed by atoms with Crippen molar-refractivity contribution in [3.05, 3.63) is 53.9 Å². The Morgan fingerprint density at radius 2 is 1.83 bits per heavy atom. The molecule has 30 heavy (non-hydrogen) atoms. The highest BCUT2D eigenvalue weighted by molar-refractivity contribution is 5.79. The molecule has 1 fully saturated rings. The predicted molar refractivity (Wildman–Crippen MR) is 114 cm³/mol. The van der Waals surface area contributed by atoms with Crippen LogP contribution < -0.4 is 9.47 Å². The molecule has 0 bridgehead atoms. The molecule has 1 saturated heterocycles. The number of aromatic nitrogens is 1. The normalized spacial score (nSPS) is 17.8. The van der Waals surface area contributed by atoms with E-state index in [1.807, 2.05) is 55.3 Å². The van der Waals surface area contributed by atoms with Gasteiger partial charge in [-0.05, 0) is 43.2 Å². The van der Waals surface area contributed by atoms with Crippen LogP contribution in [0.5, 0.6) is 11.5 Å². The standard InChI is InChI=1S/C23H31N3O4/c1-17(2)26-14-22(30-16-19-8-20(28-3)10-21(9-19)29-4)13-25(15-23(26)27)12-18-6-5-7-24-11-18/h5-11,17,22H,12-16H2,1-4H3/t22-/m1/s1. The third kappa shape index (κ3) is 5.93. The summed E-state index contributed by atoms with van der Waals surface area (Å²) in [7, 11) is 3.26. The van der Waals surface area contributed by atoms with Crippen LogP contribution in [0, 0.1) is 0 Å². The Balaban J connectivity index is 1.73. The monoisotopic (exact) mass is 413 g/mol. The van der Waals surface area contributed by atoms with E-state index in [1.165, 1.54) is 0 Å². The molecule has 1 aromatic carbocycles. The van der Waals surface area contributed by atoms with E-state index in [-0.39, 0.29) is 18.1 Å². The molecule has 1 aromatic heterocycles. The highest BCUT2D eigenvalue weighted by Gasteiger charge is 2.29. The van der Waals surface area contributed by atoms with Gasteiger partial charge in [0.2, 0.25) is 5.91 Å². The van der Waals surface area contributed by atoms with E-state index >= 15 is 0 Å². The van der Waals surface area contributed by atoms with Crippen LogP contribution in [0.2, 0.25) is 0 Å². The van der Waals surface area contributed by atoms with Gasteiger partial charge in [-0.3, -0.25) is 14.7 Å². The SMILES string of the molecule is COc1cc(CO[C@@H]2CN(Cc3cccnc3)CC(=O)N(C(C)C)C2)cc(OC)c1. The fourth-order valence-corrected chi connectivity index (χ4v) is 3.65. The van der Waals surface area contributed by atoms with Crippen molar-refractivity contribution < 1.29 is 19.0 Å². The summed E-state index contributed by atoms with van der Waals surface area (Å²) in [6.07, 6.45) is 3.49. The summed E-state index contributed by atoms with van der Waals surface area (Å²) >= 11 is 0. The lowest BCUT2D eigenvalue weighted by atomic mass is 10.2. The molecule has 7 nitrogen and oxygen atoms in total. The van der Waals surface area contributed by atoms with E-state index < -0.39 is 0 Å². The molecule has 1 atom stereocenters. The van der Waals surface area contributed by atoms with Crippen molar-refractivity contribution in [2.75, 3.05) is 33.9 Å². The van der Waals surface area contributed by atoms with Gasteiger partial charge in [-0.1, -0.05) is 6.07 Å². The Hall–Kier alpha value is -2.64. The van der Waals surface area contributed by atoms with Gasteiger partial charge in [-0.25, -0.2) is 0 Å². The second-order valence-electron chi connectivity index (χ2n) is 7.82. The fraction of sp³-hybridized carbons (Fsp3) is 0.478. The Kier molecular flexibility index (Phi) is 7.65. The number of ether oxygens (including phenoxy) is 3. The van der Waals surface area contributed by atoms with Crippen molar-refractivity contribution >= 4 is 5.91 Å². The van der Waals surface area contributed by atoms with Crippen molar-refractivity contribution in [1.82, 2.24) is 14.8 Å². The Morgan fingerprint density at radius 1 is 1.10 bits per heavy atom. The van der Waals surface area contributed by atoms with Crippen molar-refractivity contribution in [3.8, 4) is 11.5 Å². The van der Waals surface area contributed by atoms with Crippen LogP contribution in [0.1, 0.15) is 25.0 Å². The van der Waals surface area contributed by atoms with Gasteiger partial charge in [0.05, 0.1) is 33.5 Å². The number of pyridine rings is 1. The molecule has 1 aliphatic heterocycles. The predicted octanol–water partition coefficient (Wildman–Crippen LogP) is 2.74. The maximum absolute atomic E-state index is 12.8. The lowest BCUT2D eigenvalue weighted by Crippen LogP contribution is -2.42. The first kappa shape index (κ1) is 22.1. The van der Waals surface area contributed by atoms with E-state index in [0.29, 0.717) is 32.8 Å². The first-order chi connectivity index (χ1) is 14.5. The van der Waals surface area contributed by atoms with Crippen LogP contribution in [0.15, 0.2) is 42.7 Å². The van der Waals surface area contributed by atoms with Crippen LogP contribution in [0.25, 0.3) is 0 Å². The molecule has 162 valence electrons. The number of carbonyl (C=O) groups excluding carboxylic acids is 1. The van der Waals surface area contributed by atoms with Gasteiger partial charge in [0.15, 0.2) is 0 Å². The Labute approximate surface area is 178 Å². The largest absolute Gasteiger partial charge is 0.497 e. The molecule has 3 rings (SSSR count). The third-order valence-corrected chi connectivity index (χ3v) is 5.19. The number of benzene rings is 1. The van der Waals surface area contributed by atoms with E-state index in [2.05, 4.69) is 9.88 Å². The van der Waals surface area contributed by atoms with Crippen LogP contribution in [-0.2, 0) is 22.7 Å². The topological polar surface area (TPSA) is 64.1 Å². The van der Waals surface area contributed by atoms with Crippen LogP contribution in [0.3, 0.4) is 0 Å². The number of hydrogen-bond acceptors (Lipinski definition) is 6. The Morgan fingerprint density at radius 3 is 2.43 bits per heavy atom. The molecule has 1 aliphatic rings. The zero-order valence-corrected chi connectivity index (χ0v) is 18.2. The average Bonchev–Trinajstić information content (AvgIpc) is 2.90. The fourth-order valence-electron chi connectivity index (χ4n) is 3.65. The van der Waals surface area contributed by atoms with E-state index in [4.69, 9.17) is 14.2 Å². The molecule has 0 aliphatic carbocycles. The summed E-state index contributed by atoms with van der Waals surface area (Å²) in [5.41, 5.74) is 2.05. The van der Waals surface area contributed by atoms with E-state index in [0.717, 1.165) is 22.6 Å². The molecule has 0 N–H and O–H groups in total. The minimum absolute atomic E-state index is 0.104. The third-order valence-electron chi connectivity index (χ3n) is 5.19.